The summed E-state index contributed by atoms with van der Waals surface area (Å²) >= 11 is 5.92. The minimum atomic E-state index is 0.629. The summed E-state index contributed by atoms with van der Waals surface area (Å²) in [7, 11) is 0. The first-order chi connectivity index (χ1) is 12.7. The lowest BCUT2D eigenvalue weighted by Crippen LogP contribution is -2.62. The van der Waals surface area contributed by atoms with Crippen molar-refractivity contribution in [2.75, 3.05) is 23.1 Å². The summed E-state index contributed by atoms with van der Waals surface area (Å²) in [5, 5.41) is 0.891. The number of thiocarbonyl (C=S) groups is 1. The largest absolute Gasteiger partial charge is 0.305 e. The highest BCUT2D eigenvalue weighted by Gasteiger charge is 2.35. The first kappa shape index (κ1) is 17.5. The van der Waals surface area contributed by atoms with E-state index < -0.39 is 0 Å². The zero-order chi connectivity index (χ0) is 17.9. The molecule has 2 aromatic rings. The van der Waals surface area contributed by atoms with Crippen molar-refractivity contribution in [3.63, 3.8) is 0 Å². The first-order valence-electron chi connectivity index (χ1n) is 9.67. The van der Waals surface area contributed by atoms with Crippen LogP contribution in [0.15, 0.2) is 60.7 Å². The predicted molar refractivity (Wildman–Crippen MR) is 113 cm³/mol. The highest BCUT2D eigenvalue weighted by Crippen LogP contribution is 2.32. The van der Waals surface area contributed by atoms with Crippen LogP contribution in [0.4, 0.5) is 11.4 Å². The molecular formula is C22H27N3S. The van der Waals surface area contributed by atoms with Crippen LogP contribution in [-0.4, -0.2) is 29.4 Å². The fourth-order valence-corrected chi connectivity index (χ4v) is 4.65. The average Bonchev–Trinajstić information content (AvgIpc) is 2.70. The third kappa shape index (κ3) is 3.49. The summed E-state index contributed by atoms with van der Waals surface area (Å²) in [5.41, 5.74) is 2.35. The summed E-state index contributed by atoms with van der Waals surface area (Å²) in [6, 6.07) is 21.7. The van der Waals surface area contributed by atoms with Crippen molar-refractivity contribution >= 4 is 28.7 Å². The average molecular weight is 366 g/mol. The van der Waals surface area contributed by atoms with Gasteiger partial charge < -0.3 is 9.80 Å². The second-order valence-corrected chi connectivity index (χ2v) is 7.88. The van der Waals surface area contributed by atoms with Crippen molar-refractivity contribution in [1.82, 2.24) is 4.90 Å². The molecule has 0 aromatic heterocycles. The number of para-hydroxylation sites is 2. The Balaban J connectivity index is 1.67. The van der Waals surface area contributed by atoms with Crippen molar-refractivity contribution in [1.29, 1.82) is 0 Å². The Hall–Kier alpha value is -1.91. The van der Waals surface area contributed by atoms with Crippen LogP contribution in [-0.2, 0) is 0 Å². The number of anilines is 2. The molecule has 1 aliphatic heterocycles. The van der Waals surface area contributed by atoms with E-state index in [4.69, 9.17) is 12.2 Å². The molecule has 0 amide bonds. The fourth-order valence-electron chi connectivity index (χ4n) is 4.32. The summed E-state index contributed by atoms with van der Waals surface area (Å²) in [6.45, 7) is 4.17. The Labute approximate surface area is 162 Å². The Morgan fingerprint density at radius 1 is 0.769 bits per heavy atom. The van der Waals surface area contributed by atoms with E-state index in [0.717, 1.165) is 24.4 Å². The van der Waals surface area contributed by atoms with Crippen LogP contribution in [0.5, 0.6) is 0 Å². The van der Waals surface area contributed by atoms with Gasteiger partial charge in [-0.05, 0) is 55.2 Å². The van der Waals surface area contributed by atoms with E-state index in [0.29, 0.717) is 6.04 Å². The fraction of sp³-hybridized carbons (Fsp3) is 0.409. The number of hydrogen-bond acceptors (Lipinski definition) is 2. The van der Waals surface area contributed by atoms with Gasteiger partial charge in [-0.25, -0.2) is 0 Å². The summed E-state index contributed by atoms with van der Waals surface area (Å²) in [5.74, 6) is 0.741. The molecule has 136 valence electrons. The lowest BCUT2D eigenvalue weighted by molar-refractivity contribution is 0.113. The molecule has 0 radical (unpaired) electrons. The van der Waals surface area contributed by atoms with Gasteiger partial charge in [-0.3, -0.25) is 4.90 Å². The minimum absolute atomic E-state index is 0.629. The van der Waals surface area contributed by atoms with Gasteiger partial charge in [0.05, 0.1) is 13.3 Å². The summed E-state index contributed by atoms with van der Waals surface area (Å²) < 4.78 is 0. The molecule has 2 atom stereocenters. The van der Waals surface area contributed by atoms with E-state index in [-0.39, 0.29) is 0 Å². The van der Waals surface area contributed by atoms with Gasteiger partial charge in [0.25, 0.3) is 0 Å². The molecule has 1 aliphatic carbocycles. The van der Waals surface area contributed by atoms with Crippen molar-refractivity contribution in [3.8, 4) is 0 Å². The molecule has 26 heavy (non-hydrogen) atoms. The Bertz CT molecular complexity index is 682. The molecule has 3 nitrogen and oxygen atoms in total. The summed E-state index contributed by atoms with van der Waals surface area (Å²) in [4.78, 5) is 7.19. The van der Waals surface area contributed by atoms with Gasteiger partial charge in [-0.15, -0.1) is 0 Å². The zero-order valence-electron chi connectivity index (χ0n) is 15.4. The molecule has 0 unspecified atom stereocenters. The number of hydrogen-bond donors (Lipinski definition) is 0. The Morgan fingerprint density at radius 2 is 1.27 bits per heavy atom. The second kappa shape index (κ2) is 7.77. The van der Waals surface area contributed by atoms with Crippen LogP contribution in [0.1, 0.15) is 32.6 Å². The Kier molecular flexibility index (Phi) is 5.23. The maximum Gasteiger partial charge on any atom is 0.182 e. The van der Waals surface area contributed by atoms with Gasteiger partial charge in [0.1, 0.15) is 0 Å². The topological polar surface area (TPSA) is 9.72 Å². The van der Waals surface area contributed by atoms with Crippen LogP contribution < -0.4 is 9.80 Å². The maximum atomic E-state index is 5.92. The first-order valence-corrected chi connectivity index (χ1v) is 10.1. The highest BCUT2D eigenvalue weighted by molar-refractivity contribution is 7.80. The van der Waals surface area contributed by atoms with Crippen molar-refractivity contribution in [2.45, 2.75) is 38.6 Å². The normalized spacial score (nSPS) is 24.7. The van der Waals surface area contributed by atoms with Gasteiger partial charge in [-0.2, -0.15) is 0 Å². The molecule has 4 rings (SSSR count). The van der Waals surface area contributed by atoms with Crippen molar-refractivity contribution < 1.29 is 0 Å². The van der Waals surface area contributed by atoms with Gasteiger partial charge in [0.15, 0.2) is 5.11 Å². The third-order valence-corrected chi connectivity index (χ3v) is 6.22. The van der Waals surface area contributed by atoms with Crippen LogP contribution in [0.3, 0.4) is 0 Å². The molecule has 1 saturated heterocycles. The van der Waals surface area contributed by atoms with E-state index in [1.54, 1.807) is 0 Å². The Morgan fingerprint density at radius 3 is 1.77 bits per heavy atom. The van der Waals surface area contributed by atoms with E-state index in [1.165, 1.54) is 37.1 Å². The van der Waals surface area contributed by atoms with Crippen LogP contribution in [0, 0.1) is 5.92 Å². The van der Waals surface area contributed by atoms with Crippen LogP contribution in [0.25, 0.3) is 0 Å². The smallest absolute Gasteiger partial charge is 0.182 e. The van der Waals surface area contributed by atoms with E-state index in [2.05, 4.69) is 82.3 Å². The molecule has 0 bridgehead atoms. The second-order valence-electron chi connectivity index (χ2n) is 7.51. The number of nitrogens with zero attached hydrogens (tertiary/aromatic N) is 3. The van der Waals surface area contributed by atoms with E-state index >= 15 is 0 Å². The minimum Gasteiger partial charge on any atom is -0.305 e. The lowest BCUT2D eigenvalue weighted by Gasteiger charge is -2.49. The van der Waals surface area contributed by atoms with Gasteiger partial charge >= 0.3 is 0 Å². The lowest BCUT2D eigenvalue weighted by atomic mass is 9.85. The summed E-state index contributed by atoms with van der Waals surface area (Å²) in [6.07, 6.45) is 5.34. The van der Waals surface area contributed by atoms with Crippen molar-refractivity contribution in [2.24, 2.45) is 5.92 Å². The monoisotopic (exact) mass is 365 g/mol. The highest BCUT2D eigenvalue weighted by atomic mass is 32.1. The molecule has 0 N–H and O–H groups in total. The van der Waals surface area contributed by atoms with Gasteiger partial charge in [0, 0.05) is 17.4 Å². The van der Waals surface area contributed by atoms with Crippen LogP contribution in [0.2, 0.25) is 0 Å². The molecule has 2 aromatic carbocycles. The van der Waals surface area contributed by atoms with Gasteiger partial charge in [-0.1, -0.05) is 56.2 Å². The molecular weight excluding hydrogens is 338 g/mol. The maximum absolute atomic E-state index is 5.92. The zero-order valence-corrected chi connectivity index (χ0v) is 16.2. The quantitative estimate of drug-likeness (QED) is 0.700. The van der Waals surface area contributed by atoms with Crippen molar-refractivity contribution in [3.05, 3.63) is 60.7 Å². The molecule has 0 spiro atoms. The number of benzene rings is 2. The standard InChI is InChI=1S/C22H27N3S/c1-18-10-8-9-15-21(18)23-16-24(19-11-4-2-5-12-19)22(26)25(17-23)20-13-6-3-7-14-20/h2-7,11-14,18,21H,8-10,15-17H2,1H3/t18-,21-/m0/s1. The molecule has 1 heterocycles. The molecule has 2 fully saturated rings. The number of rotatable bonds is 3. The molecule has 2 aliphatic rings. The van der Waals surface area contributed by atoms with Crippen LogP contribution >= 0.6 is 12.2 Å². The predicted octanol–water partition coefficient (Wildman–Crippen LogP) is 5.09. The molecule has 4 heteroatoms. The van der Waals surface area contributed by atoms with E-state index in [9.17, 15) is 0 Å². The molecule has 1 saturated carbocycles. The van der Waals surface area contributed by atoms with Gasteiger partial charge in [0.2, 0.25) is 0 Å². The third-order valence-electron chi connectivity index (χ3n) is 5.78. The SMILES string of the molecule is C[C@H]1CCCC[C@@H]1N1CN(c2ccccc2)C(=S)N(c2ccccc2)C1. The van der Waals surface area contributed by atoms with E-state index in [1.807, 2.05) is 0 Å².